The molecule has 0 aliphatic rings. The molecule has 168 valence electrons. The molecule has 33 heavy (non-hydrogen) atoms. The molecule has 0 bridgehead atoms. The Balaban J connectivity index is 1.51. The van der Waals surface area contributed by atoms with Crippen molar-refractivity contribution in [2.24, 2.45) is 0 Å². The molecule has 0 atom stereocenters. The van der Waals surface area contributed by atoms with Gasteiger partial charge in [-0.05, 0) is 60.2 Å². The molecule has 3 amide bonds. The molecule has 3 N–H and O–H groups in total. The highest BCUT2D eigenvalue weighted by atomic mass is 16.5. The Hall–Kier alpha value is -4.59. The molecule has 0 heterocycles. The molecule has 0 aliphatic carbocycles. The van der Waals surface area contributed by atoms with E-state index in [1.54, 1.807) is 72.8 Å². The Bertz CT molecular complexity index is 1160. The molecule has 3 aromatic rings. The number of methoxy groups -OCH3 is 2. The second kappa shape index (κ2) is 11.1. The van der Waals surface area contributed by atoms with Crippen LogP contribution in [0.15, 0.2) is 78.9 Å². The highest BCUT2D eigenvalue weighted by Crippen LogP contribution is 2.27. The molecule has 0 aromatic heterocycles. The summed E-state index contributed by atoms with van der Waals surface area (Å²) < 4.78 is 10.4. The number of anilines is 1. The maximum Gasteiger partial charge on any atom is 0.269 e. The van der Waals surface area contributed by atoms with Gasteiger partial charge < -0.3 is 14.8 Å². The molecule has 3 rings (SSSR count). The lowest BCUT2D eigenvalue weighted by molar-refractivity contribution is -0.117. The predicted octanol–water partition coefficient (Wildman–Crippen LogP) is 3.43. The Morgan fingerprint density at radius 2 is 1.39 bits per heavy atom. The van der Waals surface area contributed by atoms with Crippen LogP contribution >= 0.6 is 0 Å². The largest absolute Gasteiger partial charge is 0.493 e. The van der Waals surface area contributed by atoms with E-state index in [1.165, 1.54) is 20.3 Å². The zero-order chi connectivity index (χ0) is 23.6. The second-order valence-electron chi connectivity index (χ2n) is 6.79. The fourth-order valence-electron chi connectivity index (χ4n) is 2.86. The SMILES string of the molecule is COc1ccc(C=CC(=O)NNC(=O)c2ccc(NC(=O)c3ccccc3)cc2)cc1OC. The molecular weight excluding hydrogens is 422 g/mol. The third kappa shape index (κ3) is 6.44. The Labute approximate surface area is 191 Å². The van der Waals surface area contributed by atoms with E-state index in [-0.39, 0.29) is 5.91 Å². The molecule has 0 saturated heterocycles. The molecule has 8 nitrogen and oxygen atoms in total. The lowest BCUT2D eigenvalue weighted by Gasteiger charge is -2.08. The van der Waals surface area contributed by atoms with E-state index >= 15 is 0 Å². The average Bonchev–Trinajstić information content (AvgIpc) is 2.86. The molecule has 8 heteroatoms. The number of carbonyl (C=O) groups excluding carboxylic acids is 3. The number of hydrogen-bond acceptors (Lipinski definition) is 5. The summed E-state index contributed by atoms with van der Waals surface area (Å²) in [5, 5.41) is 2.76. The highest BCUT2D eigenvalue weighted by molar-refractivity contribution is 6.04. The monoisotopic (exact) mass is 445 g/mol. The third-order valence-electron chi connectivity index (χ3n) is 4.57. The Morgan fingerprint density at radius 3 is 2.06 bits per heavy atom. The van der Waals surface area contributed by atoms with Crippen molar-refractivity contribution in [3.63, 3.8) is 0 Å². The van der Waals surface area contributed by atoms with Gasteiger partial charge in [0.2, 0.25) is 0 Å². The van der Waals surface area contributed by atoms with Gasteiger partial charge in [0.1, 0.15) is 0 Å². The summed E-state index contributed by atoms with van der Waals surface area (Å²) >= 11 is 0. The van der Waals surface area contributed by atoms with Crippen LogP contribution in [0.5, 0.6) is 11.5 Å². The van der Waals surface area contributed by atoms with E-state index in [4.69, 9.17) is 9.47 Å². The third-order valence-corrected chi connectivity index (χ3v) is 4.57. The molecule has 0 radical (unpaired) electrons. The van der Waals surface area contributed by atoms with Gasteiger partial charge in [0.15, 0.2) is 11.5 Å². The minimum Gasteiger partial charge on any atom is -0.493 e. The Kier molecular flexibility index (Phi) is 7.80. The van der Waals surface area contributed by atoms with Crippen molar-refractivity contribution < 1.29 is 23.9 Å². The molecule has 0 fully saturated rings. The van der Waals surface area contributed by atoms with Gasteiger partial charge in [0.05, 0.1) is 14.2 Å². The number of amides is 3. The van der Waals surface area contributed by atoms with E-state index in [2.05, 4.69) is 16.2 Å². The quantitative estimate of drug-likeness (QED) is 0.382. The number of hydrogen-bond donors (Lipinski definition) is 3. The standard InChI is InChI=1S/C25H23N3O5/c1-32-21-14-8-17(16-22(21)33-2)9-15-23(29)27-28-25(31)19-10-12-20(13-11-19)26-24(30)18-6-4-3-5-7-18/h3-16H,1-2H3,(H,26,30)(H,27,29)(H,28,31). The molecule has 0 aliphatic heterocycles. The van der Waals surface area contributed by atoms with Gasteiger partial charge in [0, 0.05) is 22.9 Å². The fourth-order valence-corrected chi connectivity index (χ4v) is 2.86. The highest BCUT2D eigenvalue weighted by Gasteiger charge is 2.09. The molecule has 0 spiro atoms. The number of rotatable bonds is 7. The van der Waals surface area contributed by atoms with Gasteiger partial charge in [-0.25, -0.2) is 0 Å². The number of carbonyl (C=O) groups is 3. The van der Waals surface area contributed by atoms with Crippen LogP contribution in [0.25, 0.3) is 6.08 Å². The van der Waals surface area contributed by atoms with Crippen molar-refractivity contribution in [3.8, 4) is 11.5 Å². The van der Waals surface area contributed by atoms with Crippen molar-refractivity contribution in [1.29, 1.82) is 0 Å². The Morgan fingerprint density at radius 1 is 0.727 bits per heavy atom. The van der Waals surface area contributed by atoms with Gasteiger partial charge in [-0.1, -0.05) is 24.3 Å². The van der Waals surface area contributed by atoms with Crippen LogP contribution in [0.4, 0.5) is 5.69 Å². The molecule has 3 aromatic carbocycles. The summed E-state index contributed by atoms with van der Waals surface area (Å²) in [7, 11) is 3.06. The first-order chi connectivity index (χ1) is 16.0. The van der Waals surface area contributed by atoms with Gasteiger partial charge in [-0.3, -0.25) is 25.2 Å². The normalized spacial score (nSPS) is 10.4. The first-order valence-corrected chi connectivity index (χ1v) is 9.97. The zero-order valence-corrected chi connectivity index (χ0v) is 18.1. The second-order valence-corrected chi connectivity index (χ2v) is 6.79. The van der Waals surface area contributed by atoms with Crippen LogP contribution < -0.4 is 25.6 Å². The van der Waals surface area contributed by atoms with Crippen molar-refractivity contribution in [2.45, 2.75) is 0 Å². The topological polar surface area (TPSA) is 106 Å². The van der Waals surface area contributed by atoms with E-state index in [9.17, 15) is 14.4 Å². The van der Waals surface area contributed by atoms with Crippen molar-refractivity contribution in [2.75, 3.05) is 19.5 Å². The summed E-state index contributed by atoms with van der Waals surface area (Å²) in [4.78, 5) is 36.5. The van der Waals surface area contributed by atoms with Crippen LogP contribution in [0.2, 0.25) is 0 Å². The lowest BCUT2D eigenvalue weighted by Crippen LogP contribution is -2.40. The van der Waals surface area contributed by atoms with Gasteiger partial charge in [-0.15, -0.1) is 0 Å². The first-order valence-electron chi connectivity index (χ1n) is 9.97. The van der Waals surface area contributed by atoms with Crippen molar-refractivity contribution in [1.82, 2.24) is 10.9 Å². The van der Waals surface area contributed by atoms with Crippen molar-refractivity contribution in [3.05, 3.63) is 95.6 Å². The zero-order valence-electron chi connectivity index (χ0n) is 18.1. The number of ether oxygens (including phenoxy) is 2. The molecular formula is C25H23N3O5. The maximum atomic E-state index is 12.3. The van der Waals surface area contributed by atoms with Gasteiger partial charge in [0.25, 0.3) is 17.7 Å². The summed E-state index contributed by atoms with van der Waals surface area (Å²) in [5.74, 6) is -0.135. The summed E-state index contributed by atoms with van der Waals surface area (Å²) in [5.41, 5.74) is 6.78. The molecule has 0 unspecified atom stereocenters. The van der Waals surface area contributed by atoms with Gasteiger partial charge in [-0.2, -0.15) is 0 Å². The van der Waals surface area contributed by atoms with E-state index in [0.29, 0.717) is 28.3 Å². The van der Waals surface area contributed by atoms with E-state index < -0.39 is 11.8 Å². The van der Waals surface area contributed by atoms with Crippen LogP contribution in [0, 0.1) is 0 Å². The lowest BCUT2D eigenvalue weighted by atomic mass is 10.1. The average molecular weight is 445 g/mol. The number of benzene rings is 3. The van der Waals surface area contributed by atoms with Crippen LogP contribution in [0.1, 0.15) is 26.3 Å². The summed E-state index contributed by atoms with van der Waals surface area (Å²) in [6.45, 7) is 0. The summed E-state index contributed by atoms with van der Waals surface area (Å²) in [6, 6.07) is 20.3. The minimum absolute atomic E-state index is 0.249. The van der Waals surface area contributed by atoms with Gasteiger partial charge >= 0.3 is 0 Å². The van der Waals surface area contributed by atoms with Crippen molar-refractivity contribution >= 4 is 29.5 Å². The van der Waals surface area contributed by atoms with E-state index in [0.717, 1.165) is 5.56 Å². The smallest absolute Gasteiger partial charge is 0.269 e. The van der Waals surface area contributed by atoms with Crippen LogP contribution in [0.3, 0.4) is 0 Å². The van der Waals surface area contributed by atoms with Crippen LogP contribution in [-0.2, 0) is 4.79 Å². The minimum atomic E-state index is -0.509. The number of hydrazine groups is 1. The van der Waals surface area contributed by atoms with Crippen LogP contribution in [-0.4, -0.2) is 31.9 Å². The fraction of sp³-hybridized carbons (Fsp3) is 0.0800. The van der Waals surface area contributed by atoms with E-state index in [1.807, 2.05) is 6.07 Å². The molecule has 0 saturated carbocycles. The first kappa shape index (κ1) is 23.1. The number of nitrogens with one attached hydrogen (secondary N) is 3. The predicted molar refractivity (Wildman–Crippen MR) is 125 cm³/mol. The summed E-state index contributed by atoms with van der Waals surface area (Å²) in [6.07, 6.45) is 2.86. The maximum absolute atomic E-state index is 12.3.